The molecule has 2 atom stereocenters. The summed E-state index contributed by atoms with van der Waals surface area (Å²) in [5.74, 6) is 0.0652. The van der Waals surface area contributed by atoms with Gasteiger partial charge >= 0.3 is 0 Å². The first kappa shape index (κ1) is 18.7. The molecule has 0 bridgehead atoms. The summed E-state index contributed by atoms with van der Waals surface area (Å²) in [6.07, 6.45) is 3.66. The lowest BCUT2D eigenvalue weighted by molar-refractivity contribution is -0.127. The van der Waals surface area contributed by atoms with E-state index in [4.69, 9.17) is 5.73 Å². The van der Waals surface area contributed by atoms with E-state index in [1.165, 1.54) is 12.1 Å². The van der Waals surface area contributed by atoms with E-state index in [9.17, 15) is 9.18 Å². The van der Waals surface area contributed by atoms with Crippen LogP contribution in [-0.4, -0.2) is 29.9 Å². The van der Waals surface area contributed by atoms with Gasteiger partial charge in [0.2, 0.25) is 5.91 Å². The van der Waals surface area contributed by atoms with Crippen LogP contribution in [0.25, 0.3) is 5.57 Å². The summed E-state index contributed by atoms with van der Waals surface area (Å²) in [5, 5.41) is 0. The number of carbonyl (C=O) groups is 1. The lowest BCUT2D eigenvalue weighted by atomic mass is 9.92. The molecule has 1 aromatic rings. The summed E-state index contributed by atoms with van der Waals surface area (Å²) in [6, 6.07) is 6.41. The molecule has 22 heavy (non-hydrogen) atoms. The molecule has 0 aromatic heterocycles. The minimum atomic E-state index is -0.289. The van der Waals surface area contributed by atoms with Gasteiger partial charge in [-0.05, 0) is 55.9 Å². The molecule has 0 radical (unpaired) electrons. The van der Waals surface area contributed by atoms with Gasteiger partial charge in [0.05, 0.1) is 0 Å². The van der Waals surface area contributed by atoms with Crippen LogP contribution in [0.3, 0.4) is 0 Å². The average Bonchev–Trinajstić information content (AvgIpc) is 2.47. The minimum absolute atomic E-state index is 0. The second-order valence-corrected chi connectivity index (χ2v) is 5.88. The third kappa shape index (κ3) is 4.82. The van der Waals surface area contributed by atoms with E-state index in [2.05, 4.69) is 0 Å². The molecule has 1 aliphatic rings. The van der Waals surface area contributed by atoms with Crippen LogP contribution < -0.4 is 5.73 Å². The predicted molar refractivity (Wildman–Crippen MR) is 90.3 cm³/mol. The maximum Gasteiger partial charge on any atom is 0.246 e. The number of likely N-dealkylation sites (tertiary alicyclic amines) is 1. The molecule has 122 valence electrons. The molecular formula is C17H24ClFN2O. The van der Waals surface area contributed by atoms with Crippen molar-refractivity contribution in [3.63, 3.8) is 0 Å². The van der Waals surface area contributed by atoms with Crippen molar-refractivity contribution < 1.29 is 9.18 Å². The van der Waals surface area contributed by atoms with E-state index in [0.29, 0.717) is 12.5 Å². The van der Waals surface area contributed by atoms with Gasteiger partial charge in [-0.25, -0.2) is 4.39 Å². The third-order valence-electron chi connectivity index (χ3n) is 4.13. The van der Waals surface area contributed by atoms with Crippen molar-refractivity contribution in [3.05, 3.63) is 41.7 Å². The average molecular weight is 327 g/mol. The maximum absolute atomic E-state index is 13.2. The summed E-state index contributed by atoms with van der Waals surface area (Å²) < 4.78 is 13.2. The fourth-order valence-corrected chi connectivity index (χ4v) is 2.73. The topological polar surface area (TPSA) is 46.3 Å². The van der Waals surface area contributed by atoms with Crippen molar-refractivity contribution in [2.75, 3.05) is 13.1 Å². The number of rotatable bonds is 3. The Labute approximate surface area is 137 Å². The van der Waals surface area contributed by atoms with Crippen LogP contribution in [0.4, 0.5) is 4.39 Å². The number of benzene rings is 1. The normalized spacial score (nSPS) is 20.3. The fraction of sp³-hybridized carbons (Fsp3) is 0.471. The zero-order valence-electron chi connectivity index (χ0n) is 13.1. The molecule has 1 saturated heterocycles. The van der Waals surface area contributed by atoms with Crippen molar-refractivity contribution in [2.45, 2.75) is 32.7 Å². The molecular weight excluding hydrogens is 303 g/mol. The number of halogens is 2. The Morgan fingerprint density at radius 2 is 2.23 bits per heavy atom. The second kappa shape index (κ2) is 8.30. The molecule has 5 heteroatoms. The Kier molecular flexibility index (Phi) is 7.04. The lowest BCUT2D eigenvalue weighted by Crippen LogP contribution is -2.44. The van der Waals surface area contributed by atoms with Crippen molar-refractivity contribution in [1.82, 2.24) is 4.90 Å². The molecule has 2 rings (SSSR count). The molecule has 0 saturated carbocycles. The van der Waals surface area contributed by atoms with Gasteiger partial charge in [0.15, 0.2) is 0 Å². The van der Waals surface area contributed by atoms with Gasteiger partial charge in [0, 0.05) is 25.2 Å². The van der Waals surface area contributed by atoms with Gasteiger partial charge < -0.3 is 10.6 Å². The van der Waals surface area contributed by atoms with Gasteiger partial charge in [0.1, 0.15) is 5.82 Å². The van der Waals surface area contributed by atoms with Crippen molar-refractivity contribution in [1.29, 1.82) is 0 Å². The van der Waals surface area contributed by atoms with Crippen LogP contribution in [0, 0.1) is 11.7 Å². The van der Waals surface area contributed by atoms with Crippen molar-refractivity contribution >= 4 is 23.9 Å². The first-order chi connectivity index (χ1) is 9.97. The molecule has 1 heterocycles. The molecule has 3 nitrogen and oxygen atoms in total. The number of nitrogens with zero attached hydrogens (tertiary/aromatic N) is 1. The lowest BCUT2D eigenvalue weighted by Gasteiger charge is -2.34. The molecule has 2 unspecified atom stereocenters. The highest BCUT2D eigenvalue weighted by Crippen LogP contribution is 2.20. The van der Waals surface area contributed by atoms with E-state index in [-0.39, 0.29) is 30.2 Å². The Bertz CT molecular complexity index is 545. The number of allylic oxidation sites excluding steroid dienone is 1. The molecule has 0 aliphatic carbocycles. The van der Waals surface area contributed by atoms with E-state index >= 15 is 0 Å². The zero-order chi connectivity index (χ0) is 15.4. The van der Waals surface area contributed by atoms with Crippen molar-refractivity contribution in [3.8, 4) is 0 Å². The molecule has 1 aromatic carbocycles. The Morgan fingerprint density at radius 3 is 2.86 bits per heavy atom. The number of hydrogen-bond donors (Lipinski definition) is 1. The van der Waals surface area contributed by atoms with Crippen LogP contribution in [0.15, 0.2) is 30.3 Å². The number of hydrogen-bond acceptors (Lipinski definition) is 2. The minimum Gasteiger partial charge on any atom is -0.339 e. The predicted octanol–water partition coefficient (Wildman–Crippen LogP) is 3.24. The summed E-state index contributed by atoms with van der Waals surface area (Å²) in [6.45, 7) is 5.31. The van der Waals surface area contributed by atoms with Gasteiger partial charge in [-0.15, -0.1) is 12.4 Å². The van der Waals surface area contributed by atoms with Crippen LogP contribution in [0.1, 0.15) is 32.3 Å². The van der Waals surface area contributed by atoms with E-state index in [1.54, 1.807) is 12.1 Å². The molecule has 0 spiro atoms. The van der Waals surface area contributed by atoms with Gasteiger partial charge in [-0.2, -0.15) is 0 Å². The largest absolute Gasteiger partial charge is 0.339 e. The SMILES string of the molecule is C/C(=C\C(=O)N1CCCC(C(C)N)C1)c1cccc(F)c1.Cl. The van der Waals surface area contributed by atoms with Gasteiger partial charge in [-0.1, -0.05) is 12.1 Å². The van der Waals surface area contributed by atoms with Gasteiger partial charge in [-0.3, -0.25) is 4.79 Å². The van der Waals surface area contributed by atoms with Crippen LogP contribution in [0.5, 0.6) is 0 Å². The highest BCUT2D eigenvalue weighted by Gasteiger charge is 2.24. The number of carbonyl (C=O) groups excluding carboxylic acids is 1. The van der Waals surface area contributed by atoms with Crippen molar-refractivity contribution in [2.24, 2.45) is 11.7 Å². The molecule has 1 fully saturated rings. The number of amides is 1. The molecule has 1 aliphatic heterocycles. The van der Waals surface area contributed by atoms with Crippen LogP contribution in [-0.2, 0) is 4.79 Å². The Morgan fingerprint density at radius 1 is 1.50 bits per heavy atom. The summed E-state index contributed by atoms with van der Waals surface area (Å²) >= 11 is 0. The van der Waals surface area contributed by atoms with E-state index in [1.807, 2.05) is 24.8 Å². The Hall–Kier alpha value is -1.39. The fourth-order valence-electron chi connectivity index (χ4n) is 2.73. The summed E-state index contributed by atoms with van der Waals surface area (Å²) in [7, 11) is 0. The highest BCUT2D eigenvalue weighted by molar-refractivity contribution is 5.94. The first-order valence-corrected chi connectivity index (χ1v) is 7.46. The second-order valence-electron chi connectivity index (χ2n) is 5.88. The number of piperidine rings is 1. The first-order valence-electron chi connectivity index (χ1n) is 7.46. The zero-order valence-corrected chi connectivity index (χ0v) is 13.9. The van der Waals surface area contributed by atoms with Crippen LogP contribution >= 0.6 is 12.4 Å². The van der Waals surface area contributed by atoms with Crippen LogP contribution in [0.2, 0.25) is 0 Å². The third-order valence-corrected chi connectivity index (χ3v) is 4.13. The molecule has 2 N–H and O–H groups in total. The number of nitrogens with two attached hydrogens (primary N) is 1. The summed E-state index contributed by atoms with van der Waals surface area (Å²) in [5.41, 5.74) is 7.46. The quantitative estimate of drug-likeness (QED) is 0.867. The summed E-state index contributed by atoms with van der Waals surface area (Å²) in [4.78, 5) is 14.2. The standard InChI is InChI=1S/C17H23FN2O.ClH/c1-12(14-5-3-7-16(18)10-14)9-17(21)20-8-4-6-15(11-20)13(2)19;/h3,5,7,9-10,13,15H,4,6,8,11,19H2,1-2H3;1H/b12-9+;. The van der Waals surface area contributed by atoms with E-state index in [0.717, 1.165) is 30.5 Å². The van der Waals surface area contributed by atoms with E-state index < -0.39 is 0 Å². The monoisotopic (exact) mass is 326 g/mol. The maximum atomic E-state index is 13.2. The molecule has 1 amide bonds. The van der Waals surface area contributed by atoms with Gasteiger partial charge in [0.25, 0.3) is 0 Å². The Balaban J connectivity index is 0.00000242. The highest BCUT2D eigenvalue weighted by atomic mass is 35.5. The smallest absolute Gasteiger partial charge is 0.246 e.